The van der Waals surface area contributed by atoms with E-state index < -0.39 is 0 Å². The van der Waals surface area contributed by atoms with Crippen LogP contribution in [0.5, 0.6) is 0 Å². The number of hydrogen-bond donors (Lipinski definition) is 3. The molecule has 1 aliphatic rings. The maximum Gasteiger partial charge on any atom is 0.223 e. The monoisotopic (exact) mass is 241 g/mol. The van der Waals surface area contributed by atoms with E-state index in [-0.39, 0.29) is 23.6 Å². The highest BCUT2D eigenvalue weighted by molar-refractivity contribution is 5.83. The highest BCUT2D eigenvalue weighted by atomic mass is 16.4. The molecule has 1 saturated carbocycles. The summed E-state index contributed by atoms with van der Waals surface area (Å²) < 4.78 is 0. The van der Waals surface area contributed by atoms with Crippen molar-refractivity contribution in [3.63, 3.8) is 0 Å². The van der Waals surface area contributed by atoms with E-state index in [0.717, 1.165) is 31.6 Å². The number of carbonyl (C=O) groups excluding carboxylic acids is 1. The van der Waals surface area contributed by atoms with Crippen molar-refractivity contribution in [3.05, 3.63) is 0 Å². The number of rotatable bonds is 4. The molecule has 1 amide bonds. The van der Waals surface area contributed by atoms with Gasteiger partial charge in [0.05, 0.1) is 0 Å². The van der Waals surface area contributed by atoms with Gasteiger partial charge in [-0.25, -0.2) is 0 Å². The summed E-state index contributed by atoms with van der Waals surface area (Å²) in [7, 11) is 0. The molecule has 4 N–H and O–H groups in total. The molecular formula is C12H23N3O2. The predicted octanol–water partition coefficient (Wildman–Crippen LogP) is 1.31. The normalized spacial score (nSPS) is 27.5. The topological polar surface area (TPSA) is 87.7 Å². The lowest BCUT2D eigenvalue weighted by atomic mass is 9.82. The molecule has 0 saturated heterocycles. The Morgan fingerprint density at radius 3 is 2.59 bits per heavy atom. The zero-order valence-corrected chi connectivity index (χ0v) is 10.6. The van der Waals surface area contributed by atoms with Crippen LogP contribution >= 0.6 is 0 Å². The third-order valence-electron chi connectivity index (χ3n) is 3.59. The minimum atomic E-state index is -0.133. The van der Waals surface area contributed by atoms with E-state index in [2.05, 4.69) is 17.4 Å². The largest absolute Gasteiger partial charge is 0.409 e. The molecule has 0 aromatic rings. The molecule has 1 fully saturated rings. The molecule has 1 atom stereocenters. The first-order chi connectivity index (χ1) is 8.04. The summed E-state index contributed by atoms with van der Waals surface area (Å²) >= 11 is 0. The zero-order valence-electron chi connectivity index (χ0n) is 10.6. The van der Waals surface area contributed by atoms with Crippen LogP contribution in [0, 0.1) is 17.8 Å². The summed E-state index contributed by atoms with van der Waals surface area (Å²) in [5.41, 5.74) is 5.45. The van der Waals surface area contributed by atoms with Crippen molar-refractivity contribution in [1.29, 1.82) is 0 Å². The van der Waals surface area contributed by atoms with Gasteiger partial charge in [0, 0.05) is 18.4 Å². The summed E-state index contributed by atoms with van der Waals surface area (Å²) in [6.45, 7) is 4.48. The Balaban J connectivity index is 2.30. The molecule has 17 heavy (non-hydrogen) atoms. The van der Waals surface area contributed by atoms with Crippen molar-refractivity contribution >= 4 is 11.7 Å². The molecule has 0 bridgehead atoms. The van der Waals surface area contributed by atoms with Crippen molar-refractivity contribution in [2.45, 2.75) is 39.5 Å². The average Bonchev–Trinajstić information content (AvgIpc) is 2.35. The number of nitrogens with two attached hydrogens (primary N) is 1. The number of amidine groups is 1. The second kappa shape index (κ2) is 6.47. The Morgan fingerprint density at radius 1 is 1.47 bits per heavy atom. The van der Waals surface area contributed by atoms with Crippen molar-refractivity contribution in [2.75, 3.05) is 6.54 Å². The van der Waals surface area contributed by atoms with Crippen LogP contribution in [0.4, 0.5) is 0 Å². The fourth-order valence-electron chi connectivity index (χ4n) is 2.12. The summed E-state index contributed by atoms with van der Waals surface area (Å²) in [6.07, 6.45) is 4.22. The molecule has 1 unspecified atom stereocenters. The van der Waals surface area contributed by atoms with Gasteiger partial charge in [0.1, 0.15) is 5.84 Å². The lowest BCUT2D eigenvalue weighted by Gasteiger charge is -2.25. The molecule has 0 radical (unpaired) electrons. The zero-order chi connectivity index (χ0) is 12.8. The number of nitrogens with one attached hydrogen (secondary N) is 1. The van der Waals surface area contributed by atoms with Crippen LogP contribution in [0.15, 0.2) is 5.16 Å². The van der Waals surface area contributed by atoms with Crippen LogP contribution in [-0.2, 0) is 4.79 Å². The van der Waals surface area contributed by atoms with Crippen molar-refractivity contribution < 1.29 is 10.0 Å². The predicted molar refractivity (Wildman–Crippen MR) is 66.7 cm³/mol. The molecule has 98 valence electrons. The lowest BCUT2D eigenvalue weighted by Crippen LogP contribution is -2.38. The standard InChI is InChI=1S/C12H23N3O2/c1-8-3-5-10(6-4-8)12(16)14-7-9(2)11(13)15-17/h8-10,17H,3-7H2,1-2H3,(H2,13,15)(H,14,16). The second-order valence-electron chi connectivity index (χ2n) is 5.13. The first-order valence-corrected chi connectivity index (χ1v) is 6.29. The Hall–Kier alpha value is -1.26. The Kier molecular flexibility index (Phi) is 5.25. The molecule has 0 aromatic heterocycles. The van der Waals surface area contributed by atoms with Crippen LogP contribution in [0.1, 0.15) is 39.5 Å². The van der Waals surface area contributed by atoms with Crippen LogP contribution in [0.2, 0.25) is 0 Å². The van der Waals surface area contributed by atoms with Gasteiger partial charge >= 0.3 is 0 Å². The maximum atomic E-state index is 11.9. The van der Waals surface area contributed by atoms with Gasteiger partial charge in [-0.3, -0.25) is 4.79 Å². The highest BCUT2D eigenvalue weighted by Crippen LogP contribution is 2.28. The van der Waals surface area contributed by atoms with E-state index in [4.69, 9.17) is 10.9 Å². The maximum absolute atomic E-state index is 11.9. The molecule has 0 aliphatic heterocycles. The van der Waals surface area contributed by atoms with E-state index in [1.165, 1.54) is 0 Å². The number of amides is 1. The van der Waals surface area contributed by atoms with Crippen LogP contribution < -0.4 is 11.1 Å². The minimum absolute atomic E-state index is 0.106. The van der Waals surface area contributed by atoms with E-state index in [1.54, 1.807) is 0 Å². The van der Waals surface area contributed by atoms with Crippen LogP contribution in [-0.4, -0.2) is 23.5 Å². The molecule has 1 aliphatic carbocycles. The number of nitrogens with zero attached hydrogens (tertiary/aromatic N) is 1. The first-order valence-electron chi connectivity index (χ1n) is 6.29. The molecule has 5 nitrogen and oxygen atoms in total. The number of carbonyl (C=O) groups is 1. The summed E-state index contributed by atoms with van der Waals surface area (Å²) in [5, 5.41) is 14.3. The van der Waals surface area contributed by atoms with E-state index in [9.17, 15) is 4.79 Å². The second-order valence-corrected chi connectivity index (χ2v) is 5.13. The van der Waals surface area contributed by atoms with Gasteiger partial charge in [-0.15, -0.1) is 0 Å². The van der Waals surface area contributed by atoms with Crippen molar-refractivity contribution in [3.8, 4) is 0 Å². The van der Waals surface area contributed by atoms with Crippen LogP contribution in [0.25, 0.3) is 0 Å². The Bertz CT molecular complexity index is 283. The van der Waals surface area contributed by atoms with Gasteiger partial charge in [-0.1, -0.05) is 19.0 Å². The average molecular weight is 241 g/mol. The van der Waals surface area contributed by atoms with E-state index in [1.807, 2.05) is 6.92 Å². The third kappa shape index (κ3) is 4.24. The van der Waals surface area contributed by atoms with Gasteiger partial charge in [0.25, 0.3) is 0 Å². The number of hydrogen-bond acceptors (Lipinski definition) is 3. The Labute approximate surface area is 102 Å². The first kappa shape index (κ1) is 13.8. The molecule has 0 spiro atoms. The molecule has 1 rings (SSSR count). The van der Waals surface area contributed by atoms with Crippen molar-refractivity contribution in [2.24, 2.45) is 28.6 Å². The van der Waals surface area contributed by atoms with Gasteiger partial charge in [-0.05, 0) is 31.6 Å². The van der Waals surface area contributed by atoms with Crippen LogP contribution in [0.3, 0.4) is 0 Å². The smallest absolute Gasteiger partial charge is 0.223 e. The molecule has 0 heterocycles. The van der Waals surface area contributed by atoms with E-state index >= 15 is 0 Å². The molecular weight excluding hydrogens is 218 g/mol. The molecule has 5 heteroatoms. The van der Waals surface area contributed by atoms with Gasteiger partial charge in [0.2, 0.25) is 5.91 Å². The quantitative estimate of drug-likeness (QED) is 0.300. The lowest BCUT2D eigenvalue weighted by molar-refractivity contribution is -0.126. The fraction of sp³-hybridized carbons (Fsp3) is 0.833. The van der Waals surface area contributed by atoms with Gasteiger partial charge in [0.15, 0.2) is 0 Å². The van der Waals surface area contributed by atoms with E-state index in [0.29, 0.717) is 6.54 Å². The Morgan fingerprint density at radius 2 is 2.06 bits per heavy atom. The summed E-state index contributed by atoms with van der Waals surface area (Å²) in [6, 6.07) is 0. The van der Waals surface area contributed by atoms with Gasteiger partial charge < -0.3 is 16.3 Å². The summed E-state index contributed by atoms with van der Waals surface area (Å²) in [4.78, 5) is 11.9. The van der Waals surface area contributed by atoms with Crippen molar-refractivity contribution in [1.82, 2.24) is 5.32 Å². The SMILES string of the molecule is CC1CCC(C(=O)NCC(C)C(N)=NO)CC1. The number of oxime groups is 1. The minimum Gasteiger partial charge on any atom is -0.409 e. The fourth-order valence-corrected chi connectivity index (χ4v) is 2.12. The highest BCUT2D eigenvalue weighted by Gasteiger charge is 2.24. The summed E-state index contributed by atoms with van der Waals surface area (Å²) in [5.74, 6) is 1.02. The van der Waals surface area contributed by atoms with Gasteiger partial charge in [-0.2, -0.15) is 0 Å². The third-order valence-corrected chi connectivity index (χ3v) is 3.59. The molecule has 0 aromatic carbocycles.